The Labute approximate surface area is 91.5 Å². The Morgan fingerprint density at radius 3 is 2.71 bits per heavy atom. The van der Waals surface area contributed by atoms with Crippen molar-refractivity contribution in [2.45, 2.75) is 32.4 Å². The Balaban J connectivity index is 3.11. The Morgan fingerprint density at radius 2 is 2.29 bits per heavy atom. The van der Waals surface area contributed by atoms with E-state index in [1.165, 1.54) is 6.07 Å². The molecular weight excluding hydrogens is 246 g/mol. The molecule has 0 fully saturated rings. The molecular formula is C10H14BrNO2. The molecule has 4 heteroatoms. The maximum Gasteiger partial charge on any atom is 0.251 e. The summed E-state index contributed by atoms with van der Waals surface area (Å²) in [6.07, 6.45) is 1.92. The van der Waals surface area contributed by atoms with Crippen LogP contribution >= 0.6 is 15.9 Å². The first-order valence-electron chi connectivity index (χ1n) is 4.62. The molecule has 14 heavy (non-hydrogen) atoms. The van der Waals surface area contributed by atoms with E-state index in [1.54, 1.807) is 23.8 Å². The van der Waals surface area contributed by atoms with Gasteiger partial charge in [0.1, 0.15) is 0 Å². The topological polar surface area (TPSA) is 42.2 Å². The number of aliphatic hydroxyl groups is 1. The van der Waals surface area contributed by atoms with Gasteiger partial charge in [0.25, 0.3) is 5.56 Å². The average molecular weight is 260 g/mol. The minimum Gasteiger partial charge on any atom is -0.391 e. The highest BCUT2D eigenvalue weighted by Gasteiger charge is 2.15. The fraction of sp³-hybridized carbons (Fsp3) is 0.500. The maximum atomic E-state index is 11.6. The van der Waals surface area contributed by atoms with E-state index in [-0.39, 0.29) is 11.6 Å². The molecule has 2 atom stereocenters. The van der Waals surface area contributed by atoms with E-state index >= 15 is 0 Å². The Hall–Kier alpha value is -0.610. The third-order valence-electron chi connectivity index (χ3n) is 2.24. The first-order chi connectivity index (χ1) is 6.56. The summed E-state index contributed by atoms with van der Waals surface area (Å²) in [5, 5.41) is 9.49. The predicted octanol–water partition coefficient (Wildman–Crippen LogP) is 1.94. The van der Waals surface area contributed by atoms with E-state index in [9.17, 15) is 9.90 Å². The van der Waals surface area contributed by atoms with Gasteiger partial charge in [-0.25, -0.2) is 0 Å². The Bertz CT molecular complexity index is 359. The zero-order chi connectivity index (χ0) is 10.7. The highest BCUT2D eigenvalue weighted by Crippen LogP contribution is 2.14. The van der Waals surface area contributed by atoms with Crippen molar-refractivity contribution >= 4 is 15.9 Å². The van der Waals surface area contributed by atoms with Crippen LogP contribution in [0.5, 0.6) is 0 Å². The quantitative estimate of drug-likeness (QED) is 0.902. The van der Waals surface area contributed by atoms with Gasteiger partial charge in [0.2, 0.25) is 0 Å². The molecule has 1 rings (SSSR count). The van der Waals surface area contributed by atoms with E-state index < -0.39 is 6.10 Å². The van der Waals surface area contributed by atoms with Crippen LogP contribution in [0.1, 0.15) is 26.3 Å². The van der Waals surface area contributed by atoms with Crippen LogP contribution in [-0.4, -0.2) is 15.8 Å². The van der Waals surface area contributed by atoms with E-state index in [2.05, 4.69) is 15.9 Å². The third kappa shape index (κ3) is 2.45. The summed E-state index contributed by atoms with van der Waals surface area (Å²) in [5.41, 5.74) is -0.0906. The minimum absolute atomic E-state index is 0.0906. The van der Waals surface area contributed by atoms with Gasteiger partial charge in [0.15, 0.2) is 0 Å². The standard InChI is InChI=1S/C10H14BrNO2/c1-3-9(7(2)13)12-5-4-8(11)6-10(12)14/h4-7,9,13H,3H2,1-2H3. The van der Waals surface area contributed by atoms with Crippen LogP contribution in [0.4, 0.5) is 0 Å². The van der Waals surface area contributed by atoms with Crippen molar-refractivity contribution in [3.63, 3.8) is 0 Å². The fourth-order valence-electron chi connectivity index (χ4n) is 1.51. The highest BCUT2D eigenvalue weighted by atomic mass is 79.9. The maximum absolute atomic E-state index is 11.6. The molecule has 0 aromatic carbocycles. The molecule has 1 heterocycles. The van der Waals surface area contributed by atoms with Crippen LogP contribution < -0.4 is 5.56 Å². The van der Waals surface area contributed by atoms with Crippen LogP contribution in [0, 0.1) is 0 Å². The van der Waals surface area contributed by atoms with Crippen molar-refractivity contribution < 1.29 is 5.11 Å². The second-order valence-electron chi connectivity index (χ2n) is 3.31. The Morgan fingerprint density at radius 1 is 1.64 bits per heavy atom. The van der Waals surface area contributed by atoms with Crippen molar-refractivity contribution in [1.29, 1.82) is 0 Å². The molecule has 0 spiro atoms. The molecule has 0 aliphatic rings. The van der Waals surface area contributed by atoms with Crippen LogP contribution in [0.3, 0.4) is 0 Å². The van der Waals surface area contributed by atoms with Crippen LogP contribution in [-0.2, 0) is 0 Å². The third-order valence-corrected chi connectivity index (χ3v) is 2.74. The summed E-state index contributed by atoms with van der Waals surface area (Å²) in [5.74, 6) is 0. The molecule has 0 saturated carbocycles. The number of pyridine rings is 1. The molecule has 0 aliphatic carbocycles. The number of aromatic nitrogens is 1. The summed E-state index contributed by atoms with van der Waals surface area (Å²) < 4.78 is 2.33. The number of hydrogen-bond donors (Lipinski definition) is 1. The van der Waals surface area contributed by atoms with Gasteiger partial charge in [0, 0.05) is 16.7 Å². The molecule has 78 valence electrons. The number of aliphatic hydroxyl groups excluding tert-OH is 1. The van der Waals surface area contributed by atoms with Gasteiger partial charge in [-0.15, -0.1) is 0 Å². The first kappa shape index (κ1) is 11.5. The molecule has 1 N–H and O–H groups in total. The smallest absolute Gasteiger partial charge is 0.251 e. The molecule has 0 radical (unpaired) electrons. The monoisotopic (exact) mass is 259 g/mol. The van der Waals surface area contributed by atoms with Gasteiger partial charge >= 0.3 is 0 Å². The zero-order valence-electron chi connectivity index (χ0n) is 8.27. The SMILES string of the molecule is CCC(C(C)O)n1ccc(Br)cc1=O. The van der Waals surface area contributed by atoms with Gasteiger partial charge in [-0.1, -0.05) is 22.9 Å². The summed E-state index contributed by atoms with van der Waals surface area (Å²) in [6, 6.07) is 3.16. The van der Waals surface area contributed by atoms with Gasteiger partial charge in [-0.05, 0) is 19.4 Å². The summed E-state index contributed by atoms with van der Waals surface area (Å²) in [7, 11) is 0. The van der Waals surface area contributed by atoms with E-state index in [1.807, 2.05) is 6.92 Å². The lowest BCUT2D eigenvalue weighted by atomic mass is 10.1. The van der Waals surface area contributed by atoms with Crippen molar-refractivity contribution in [3.8, 4) is 0 Å². The van der Waals surface area contributed by atoms with Crippen molar-refractivity contribution in [3.05, 3.63) is 33.2 Å². The number of rotatable bonds is 3. The number of nitrogens with zero attached hydrogens (tertiary/aromatic N) is 1. The van der Waals surface area contributed by atoms with Crippen LogP contribution in [0.15, 0.2) is 27.6 Å². The molecule has 0 aliphatic heterocycles. The lowest BCUT2D eigenvalue weighted by Crippen LogP contribution is -2.29. The van der Waals surface area contributed by atoms with Gasteiger partial charge in [0.05, 0.1) is 12.1 Å². The molecule has 0 amide bonds. The Kier molecular flexibility index (Phi) is 3.89. The van der Waals surface area contributed by atoms with Crippen LogP contribution in [0.25, 0.3) is 0 Å². The molecule has 0 bridgehead atoms. The molecule has 2 unspecified atom stereocenters. The zero-order valence-corrected chi connectivity index (χ0v) is 9.86. The average Bonchev–Trinajstić information content (AvgIpc) is 2.09. The van der Waals surface area contributed by atoms with Gasteiger partial charge < -0.3 is 9.67 Å². The van der Waals surface area contributed by atoms with E-state index in [0.717, 1.165) is 10.9 Å². The second kappa shape index (κ2) is 4.75. The lowest BCUT2D eigenvalue weighted by molar-refractivity contribution is 0.125. The first-order valence-corrected chi connectivity index (χ1v) is 5.41. The van der Waals surface area contributed by atoms with Crippen LogP contribution in [0.2, 0.25) is 0 Å². The second-order valence-corrected chi connectivity index (χ2v) is 4.22. The van der Waals surface area contributed by atoms with Gasteiger partial charge in [-0.2, -0.15) is 0 Å². The highest BCUT2D eigenvalue weighted by molar-refractivity contribution is 9.10. The fourth-order valence-corrected chi connectivity index (χ4v) is 1.82. The predicted molar refractivity (Wildman–Crippen MR) is 59.4 cm³/mol. The molecule has 0 saturated heterocycles. The number of hydrogen-bond acceptors (Lipinski definition) is 2. The largest absolute Gasteiger partial charge is 0.391 e. The number of halogens is 1. The minimum atomic E-state index is -0.515. The normalized spacial score (nSPS) is 15.1. The summed E-state index contributed by atoms with van der Waals surface area (Å²) >= 11 is 3.23. The van der Waals surface area contributed by atoms with E-state index in [0.29, 0.717) is 0 Å². The van der Waals surface area contributed by atoms with E-state index in [4.69, 9.17) is 0 Å². The molecule has 1 aromatic rings. The summed E-state index contributed by atoms with van der Waals surface area (Å²) in [6.45, 7) is 3.65. The van der Waals surface area contributed by atoms with Crippen molar-refractivity contribution in [2.75, 3.05) is 0 Å². The molecule has 3 nitrogen and oxygen atoms in total. The lowest BCUT2D eigenvalue weighted by Gasteiger charge is -2.20. The summed E-state index contributed by atoms with van der Waals surface area (Å²) in [4.78, 5) is 11.6. The van der Waals surface area contributed by atoms with Gasteiger partial charge in [-0.3, -0.25) is 4.79 Å². The van der Waals surface area contributed by atoms with Crippen molar-refractivity contribution in [1.82, 2.24) is 4.57 Å². The van der Waals surface area contributed by atoms with Crippen molar-refractivity contribution in [2.24, 2.45) is 0 Å². The molecule has 1 aromatic heterocycles.